The first-order valence-electron chi connectivity index (χ1n) is 9.91. The van der Waals surface area contributed by atoms with Crippen LogP contribution in [0.3, 0.4) is 0 Å². The highest BCUT2D eigenvalue weighted by atomic mass is 32.1. The van der Waals surface area contributed by atoms with Gasteiger partial charge in [0.2, 0.25) is 0 Å². The molecule has 0 aliphatic rings. The van der Waals surface area contributed by atoms with Crippen LogP contribution in [0.4, 0.5) is 4.79 Å². The van der Waals surface area contributed by atoms with Gasteiger partial charge in [-0.05, 0) is 64.7 Å². The predicted octanol–water partition coefficient (Wildman–Crippen LogP) is 3.28. The molecule has 7 nitrogen and oxygen atoms in total. The lowest BCUT2D eigenvalue weighted by molar-refractivity contribution is -0.145. The van der Waals surface area contributed by atoms with Crippen LogP contribution in [0.25, 0.3) is 0 Å². The summed E-state index contributed by atoms with van der Waals surface area (Å²) >= 11 is 5.28. The number of rotatable bonds is 10. The number of carbonyl (C=O) groups is 2. The molecule has 0 aliphatic carbocycles. The van der Waals surface area contributed by atoms with Gasteiger partial charge in [0.05, 0.1) is 6.61 Å². The zero-order valence-corrected chi connectivity index (χ0v) is 18.6. The van der Waals surface area contributed by atoms with Crippen molar-refractivity contribution in [3.8, 4) is 0 Å². The van der Waals surface area contributed by atoms with E-state index >= 15 is 0 Å². The van der Waals surface area contributed by atoms with Crippen molar-refractivity contribution in [3.05, 3.63) is 35.9 Å². The van der Waals surface area contributed by atoms with E-state index in [0.29, 0.717) is 37.5 Å². The molecule has 0 spiro atoms. The number of esters is 1. The van der Waals surface area contributed by atoms with Gasteiger partial charge in [-0.1, -0.05) is 30.3 Å². The van der Waals surface area contributed by atoms with E-state index in [1.807, 2.05) is 51.1 Å². The van der Waals surface area contributed by atoms with Gasteiger partial charge in [0.25, 0.3) is 0 Å². The summed E-state index contributed by atoms with van der Waals surface area (Å²) in [6.07, 6.45) is 1.51. The van der Waals surface area contributed by atoms with E-state index < -0.39 is 12.1 Å². The second kappa shape index (κ2) is 13.0. The lowest BCUT2D eigenvalue weighted by Gasteiger charge is -2.26. The lowest BCUT2D eigenvalue weighted by atomic mass is 10.1. The Balaban J connectivity index is 2.31. The summed E-state index contributed by atoms with van der Waals surface area (Å²) in [6.45, 7) is 8.75. The number of carbonyl (C=O) groups excluding carboxylic acids is 2. The molecule has 0 aliphatic heterocycles. The van der Waals surface area contributed by atoms with Gasteiger partial charge in [-0.25, -0.2) is 9.59 Å². The molecular weight excluding hydrogens is 390 g/mol. The molecule has 1 amide bonds. The molecule has 8 heteroatoms. The number of amides is 1. The average molecular weight is 424 g/mol. The third-order valence-electron chi connectivity index (χ3n) is 3.77. The Kier molecular flexibility index (Phi) is 11.1. The topological polar surface area (TPSA) is 88.7 Å². The van der Waals surface area contributed by atoms with Crippen LogP contribution in [-0.2, 0) is 20.9 Å². The first-order chi connectivity index (χ1) is 13.7. The minimum atomic E-state index is -0.526. The van der Waals surface area contributed by atoms with Crippen molar-refractivity contribution >= 4 is 29.4 Å². The standard InChI is InChI=1S/C21H33N3O4S/c1-5-27-18(25)17(23-19(29)24-21(2,3)4)13-9-10-14-22-20(26)28-15-16-11-7-6-8-12-16/h6-8,11-12,17H,5,9-10,13-15H2,1-4H3,(H,22,26)(H2,23,24,29)/t17-/m0/s1. The summed E-state index contributed by atoms with van der Waals surface area (Å²) in [4.78, 5) is 23.9. The molecule has 29 heavy (non-hydrogen) atoms. The Morgan fingerprint density at radius 1 is 1.10 bits per heavy atom. The molecule has 0 heterocycles. The largest absolute Gasteiger partial charge is 0.464 e. The minimum Gasteiger partial charge on any atom is -0.464 e. The van der Waals surface area contributed by atoms with Gasteiger partial charge in [-0.3, -0.25) is 0 Å². The van der Waals surface area contributed by atoms with Crippen molar-refractivity contribution in [3.63, 3.8) is 0 Å². The van der Waals surface area contributed by atoms with Gasteiger partial charge in [-0.2, -0.15) is 0 Å². The fourth-order valence-corrected chi connectivity index (χ4v) is 2.91. The molecule has 0 aromatic heterocycles. The third-order valence-corrected chi connectivity index (χ3v) is 3.99. The summed E-state index contributed by atoms with van der Waals surface area (Å²) in [5.41, 5.74) is 0.735. The number of hydrogen-bond acceptors (Lipinski definition) is 5. The van der Waals surface area contributed by atoms with Crippen LogP contribution in [0.5, 0.6) is 0 Å². The molecule has 1 aromatic carbocycles. The summed E-state index contributed by atoms with van der Waals surface area (Å²) in [5.74, 6) is -0.333. The van der Waals surface area contributed by atoms with Crippen LogP contribution < -0.4 is 16.0 Å². The normalized spacial score (nSPS) is 11.9. The monoisotopic (exact) mass is 423 g/mol. The second-order valence-electron chi connectivity index (χ2n) is 7.64. The molecule has 3 N–H and O–H groups in total. The second-order valence-corrected chi connectivity index (χ2v) is 8.05. The molecule has 1 aromatic rings. The van der Waals surface area contributed by atoms with Crippen molar-refractivity contribution in [2.45, 2.75) is 65.1 Å². The van der Waals surface area contributed by atoms with Gasteiger partial charge in [0, 0.05) is 12.1 Å². The smallest absolute Gasteiger partial charge is 0.407 e. The molecule has 1 atom stereocenters. The maximum atomic E-state index is 12.2. The highest BCUT2D eigenvalue weighted by Crippen LogP contribution is 2.05. The lowest BCUT2D eigenvalue weighted by Crippen LogP contribution is -2.51. The molecule has 0 saturated heterocycles. The first kappa shape index (κ1) is 24.7. The van der Waals surface area contributed by atoms with Crippen molar-refractivity contribution in [1.82, 2.24) is 16.0 Å². The summed E-state index contributed by atoms with van der Waals surface area (Å²) < 4.78 is 10.3. The Bertz CT molecular complexity index is 647. The number of unbranched alkanes of at least 4 members (excludes halogenated alkanes) is 1. The van der Waals surface area contributed by atoms with Gasteiger partial charge >= 0.3 is 12.1 Å². The van der Waals surface area contributed by atoms with E-state index in [0.717, 1.165) is 5.56 Å². The fourth-order valence-electron chi connectivity index (χ4n) is 2.46. The molecule has 0 saturated carbocycles. The van der Waals surface area contributed by atoms with Crippen LogP contribution in [0.1, 0.15) is 52.5 Å². The van der Waals surface area contributed by atoms with Gasteiger partial charge < -0.3 is 25.4 Å². The number of nitrogens with one attached hydrogen (secondary N) is 3. The van der Waals surface area contributed by atoms with E-state index in [1.165, 1.54) is 0 Å². The van der Waals surface area contributed by atoms with Gasteiger partial charge in [0.1, 0.15) is 12.6 Å². The highest BCUT2D eigenvalue weighted by Gasteiger charge is 2.22. The predicted molar refractivity (Wildman–Crippen MR) is 118 cm³/mol. The zero-order chi connectivity index (χ0) is 21.7. The first-order valence-corrected chi connectivity index (χ1v) is 10.3. The maximum Gasteiger partial charge on any atom is 0.407 e. The van der Waals surface area contributed by atoms with Gasteiger partial charge in [-0.15, -0.1) is 0 Å². The van der Waals surface area contributed by atoms with Crippen molar-refractivity contribution in [2.75, 3.05) is 13.2 Å². The number of hydrogen-bond donors (Lipinski definition) is 3. The summed E-state index contributed by atoms with van der Waals surface area (Å²) in [6, 6.07) is 8.97. The molecule has 0 bridgehead atoms. The van der Waals surface area contributed by atoms with Crippen LogP contribution >= 0.6 is 12.2 Å². The van der Waals surface area contributed by atoms with Crippen LogP contribution in [0.15, 0.2) is 30.3 Å². The molecule has 1 rings (SSSR count). The van der Waals surface area contributed by atoms with Gasteiger partial charge in [0.15, 0.2) is 5.11 Å². The quantitative estimate of drug-likeness (QED) is 0.302. The van der Waals surface area contributed by atoms with Crippen molar-refractivity contribution in [2.24, 2.45) is 0 Å². The molecular formula is C21H33N3O4S. The van der Waals surface area contributed by atoms with Crippen LogP contribution in [0, 0.1) is 0 Å². The Labute approximate surface area is 178 Å². The molecule has 162 valence electrons. The Hall–Kier alpha value is -2.35. The average Bonchev–Trinajstić information content (AvgIpc) is 2.64. The summed E-state index contributed by atoms with van der Waals surface area (Å²) in [5, 5.41) is 9.29. The van der Waals surface area contributed by atoms with Crippen molar-refractivity contribution in [1.29, 1.82) is 0 Å². The van der Waals surface area contributed by atoms with E-state index in [9.17, 15) is 9.59 Å². The van der Waals surface area contributed by atoms with Crippen LogP contribution in [0.2, 0.25) is 0 Å². The van der Waals surface area contributed by atoms with Crippen LogP contribution in [-0.4, -0.2) is 41.9 Å². The zero-order valence-electron chi connectivity index (χ0n) is 17.7. The number of benzene rings is 1. The highest BCUT2D eigenvalue weighted by molar-refractivity contribution is 7.80. The Morgan fingerprint density at radius 3 is 2.41 bits per heavy atom. The summed E-state index contributed by atoms with van der Waals surface area (Å²) in [7, 11) is 0. The Morgan fingerprint density at radius 2 is 1.79 bits per heavy atom. The fraction of sp³-hybridized carbons (Fsp3) is 0.571. The van der Waals surface area contributed by atoms with Crippen molar-refractivity contribution < 1.29 is 19.1 Å². The third kappa shape index (κ3) is 11.9. The SMILES string of the molecule is CCOC(=O)[C@H](CCCCNC(=O)OCc1ccccc1)NC(=S)NC(C)(C)C. The van der Waals surface area contributed by atoms with E-state index in [1.54, 1.807) is 6.92 Å². The minimum absolute atomic E-state index is 0.201. The number of alkyl carbamates (subject to hydrolysis) is 1. The number of ether oxygens (including phenoxy) is 2. The molecule has 0 radical (unpaired) electrons. The van der Waals surface area contributed by atoms with E-state index in [2.05, 4.69) is 16.0 Å². The molecule has 0 unspecified atom stereocenters. The number of thiocarbonyl (C=S) groups is 1. The molecule has 0 fully saturated rings. The van der Waals surface area contributed by atoms with E-state index in [-0.39, 0.29) is 18.1 Å². The maximum absolute atomic E-state index is 12.2. The van der Waals surface area contributed by atoms with E-state index in [4.69, 9.17) is 21.7 Å².